The Morgan fingerprint density at radius 2 is 2.22 bits per heavy atom. The molecule has 1 aliphatic heterocycles. The second kappa shape index (κ2) is 7.70. The first kappa shape index (κ1) is 16.1. The van der Waals surface area contributed by atoms with Crippen molar-refractivity contribution in [2.24, 2.45) is 5.92 Å². The molecule has 5 heteroatoms. The largest absolute Gasteiger partial charge is 0.326 e. The molecule has 1 aromatic heterocycles. The number of rotatable bonds is 5. The van der Waals surface area contributed by atoms with Crippen LogP contribution in [0.3, 0.4) is 0 Å². The van der Waals surface area contributed by atoms with E-state index in [-0.39, 0.29) is 5.91 Å². The SMILES string of the molecule is Cc1nc(-c2cccc(NC(=O)CCC3CCNCC3)c2)cs1. The van der Waals surface area contributed by atoms with E-state index in [0.29, 0.717) is 12.3 Å². The van der Waals surface area contributed by atoms with Gasteiger partial charge in [-0.1, -0.05) is 12.1 Å². The van der Waals surface area contributed by atoms with Crippen LogP contribution < -0.4 is 10.6 Å². The van der Waals surface area contributed by atoms with Crippen LogP contribution in [0.15, 0.2) is 29.6 Å². The maximum atomic E-state index is 12.2. The summed E-state index contributed by atoms with van der Waals surface area (Å²) in [7, 11) is 0. The summed E-state index contributed by atoms with van der Waals surface area (Å²) in [5.41, 5.74) is 2.87. The first-order valence-corrected chi connectivity index (χ1v) is 9.12. The van der Waals surface area contributed by atoms with Gasteiger partial charge in [0, 0.05) is 23.1 Å². The van der Waals surface area contributed by atoms with Gasteiger partial charge >= 0.3 is 0 Å². The van der Waals surface area contributed by atoms with Crippen LogP contribution >= 0.6 is 11.3 Å². The topological polar surface area (TPSA) is 54.0 Å². The van der Waals surface area contributed by atoms with Crippen molar-refractivity contribution < 1.29 is 4.79 Å². The molecule has 122 valence electrons. The summed E-state index contributed by atoms with van der Waals surface area (Å²) in [4.78, 5) is 16.7. The third kappa shape index (κ3) is 4.62. The summed E-state index contributed by atoms with van der Waals surface area (Å²) >= 11 is 1.64. The quantitative estimate of drug-likeness (QED) is 0.876. The maximum absolute atomic E-state index is 12.2. The predicted octanol–water partition coefficient (Wildman–Crippen LogP) is 3.84. The van der Waals surface area contributed by atoms with E-state index >= 15 is 0 Å². The van der Waals surface area contributed by atoms with Gasteiger partial charge < -0.3 is 10.6 Å². The van der Waals surface area contributed by atoms with Crippen molar-refractivity contribution in [3.8, 4) is 11.3 Å². The van der Waals surface area contributed by atoms with Crippen LogP contribution in [0.5, 0.6) is 0 Å². The minimum atomic E-state index is 0.107. The molecule has 3 rings (SSSR count). The minimum Gasteiger partial charge on any atom is -0.326 e. The molecule has 0 unspecified atom stereocenters. The van der Waals surface area contributed by atoms with Crippen LogP contribution in [0.2, 0.25) is 0 Å². The van der Waals surface area contributed by atoms with Gasteiger partial charge in [-0.2, -0.15) is 0 Å². The van der Waals surface area contributed by atoms with Crippen molar-refractivity contribution in [3.63, 3.8) is 0 Å². The molecule has 0 spiro atoms. The van der Waals surface area contributed by atoms with Crippen molar-refractivity contribution >= 4 is 22.9 Å². The number of nitrogens with zero attached hydrogens (tertiary/aromatic N) is 1. The van der Waals surface area contributed by atoms with Crippen LogP contribution in [0, 0.1) is 12.8 Å². The zero-order valence-corrected chi connectivity index (χ0v) is 14.3. The third-order valence-electron chi connectivity index (χ3n) is 4.30. The van der Waals surface area contributed by atoms with Gasteiger partial charge in [0.05, 0.1) is 10.7 Å². The standard InChI is InChI=1S/C18H23N3OS/c1-13-20-17(12-23-13)15-3-2-4-16(11-15)21-18(22)6-5-14-7-9-19-10-8-14/h2-4,11-12,14,19H,5-10H2,1H3,(H,21,22). The molecule has 2 N–H and O–H groups in total. The Morgan fingerprint density at radius 3 is 2.96 bits per heavy atom. The fourth-order valence-corrected chi connectivity index (χ4v) is 3.60. The molecule has 0 radical (unpaired) electrons. The third-order valence-corrected chi connectivity index (χ3v) is 5.07. The Labute approximate surface area is 141 Å². The molecule has 0 bridgehead atoms. The highest BCUT2D eigenvalue weighted by Crippen LogP contribution is 2.24. The smallest absolute Gasteiger partial charge is 0.224 e. The number of benzene rings is 1. The minimum absolute atomic E-state index is 0.107. The number of thiazole rings is 1. The molecular weight excluding hydrogens is 306 g/mol. The number of hydrogen-bond donors (Lipinski definition) is 2. The number of anilines is 1. The van der Waals surface area contributed by atoms with Crippen molar-refractivity contribution in [2.75, 3.05) is 18.4 Å². The highest BCUT2D eigenvalue weighted by atomic mass is 32.1. The van der Waals surface area contributed by atoms with Crippen LogP contribution in [0.25, 0.3) is 11.3 Å². The average molecular weight is 329 g/mol. The van der Waals surface area contributed by atoms with Gasteiger partial charge in [-0.3, -0.25) is 4.79 Å². The molecule has 2 aromatic rings. The lowest BCUT2D eigenvalue weighted by molar-refractivity contribution is -0.116. The van der Waals surface area contributed by atoms with E-state index in [0.717, 1.165) is 41.5 Å². The second-order valence-corrected chi connectivity index (χ2v) is 7.18. The predicted molar refractivity (Wildman–Crippen MR) is 95.7 cm³/mol. The van der Waals surface area contributed by atoms with E-state index in [4.69, 9.17) is 0 Å². The van der Waals surface area contributed by atoms with Crippen LogP contribution in [-0.2, 0) is 4.79 Å². The van der Waals surface area contributed by atoms with Crippen LogP contribution in [0.4, 0.5) is 5.69 Å². The molecule has 0 atom stereocenters. The summed E-state index contributed by atoms with van der Waals surface area (Å²) in [5, 5.41) is 9.48. The second-order valence-electron chi connectivity index (χ2n) is 6.11. The summed E-state index contributed by atoms with van der Waals surface area (Å²) in [6.07, 6.45) is 3.96. The number of carbonyl (C=O) groups is 1. The Bertz CT molecular complexity index is 662. The lowest BCUT2D eigenvalue weighted by Gasteiger charge is -2.22. The molecule has 2 heterocycles. The van der Waals surface area contributed by atoms with Gasteiger partial charge in [-0.25, -0.2) is 4.98 Å². The lowest BCUT2D eigenvalue weighted by atomic mass is 9.93. The van der Waals surface area contributed by atoms with Gasteiger partial charge in [0.15, 0.2) is 0 Å². The monoisotopic (exact) mass is 329 g/mol. The van der Waals surface area contributed by atoms with Crippen LogP contribution in [-0.4, -0.2) is 24.0 Å². The average Bonchev–Trinajstić information content (AvgIpc) is 3.01. The maximum Gasteiger partial charge on any atom is 0.224 e. The Kier molecular flexibility index (Phi) is 5.41. The number of piperidine rings is 1. The van der Waals surface area contributed by atoms with Gasteiger partial charge in [-0.05, 0) is 57.3 Å². The number of aromatic nitrogens is 1. The number of amides is 1. The Morgan fingerprint density at radius 1 is 1.39 bits per heavy atom. The van der Waals surface area contributed by atoms with E-state index < -0.39 is 0 Å². The molecule has 0 aliphatic carbocycles. The van der Waals surface area contributed by atoms with E-state index in [2.05, 4.69) is 15.6 Å². The van der Waals surface area contributed by atoms with Gasteiger partial charge in [0.2, 0.25) is 5.91 Å². The normalized spacial score (nSPS) is 15.5. The van der Waals surface area contributed by atoms with Gasteiger partial charge in [0.25, 0.3) is 0 Å². The Balaban J connectivity index is 1.56. The molecule has 23 heavy (non-hydrogen) atoms. The van der Waals surface area contributed by atoms with Crippen molar-refractivity contribution in [1.29, 1.82) is 0 Å². The van der Waals surface area contributed by atoms with Crippen molar-refractivity contribution in [2.45, 2.75) is 32.6 Å². The number of aryl methyl sites for hydroxylation is 1. The molecular formula is C18H23N3OS. The molecule has 0 saturated carbocycles. The first-order chi connectivity index (χ1) is 11.2. The first-order valence-electron chi connectivity index (χ1n) is 8.24. The lowest BCUT2D eigenvalue weighted by Crippen LogP contribution is -2.28. The van der Waals surface area contributed by atoms with E-state index in [9.17, 15) is 4.79 Å². The zero-order chi connectivity index (χ0) is 16.1. The van der Waals surface area contributed by atoms with E-state index in [1.165, 1.54) is 12.8 Å². The Hall–Kier alpha value is -1.72. The molecule has 1 aliphatic rings. The number of hydrogen-bond acceptors (Lipinski definition) is 4. The number of carbonyl (C=O) groups excluding carboxylic acids is 1. The molecule has 1 saturated heterocycles. The number of nitrogens with one attached hydrogen (secondary N) is 2. The summed E-state index contributed by atoms with van der Waals surface area (Å²) < 4.78 is 0. The summed E-state index contributed by atoms with van der Waals surface area (Å²) in [6.45, 7) is 4.17. The molecule has 1 aromatic carbocycles. The highest BCUT2D eigenvalue weighted by Gasteiger charge is 2.14. The molecule has 1 amide bonds. The van der Waals surface area contributed by atoms with E-state index in [1.54, 1.807) is 11.3 Å². The van der Waals surface area contributed by atoms with E-state index in [1.807, 2.05) is 36.6 Å². The van der Waals surface area contributed by atoms with Gasteiger partial charge in [0.1, 0.15) is 0 Å². The molecule has 4 nitrogen and oxygen atoms in total. The zero-order valence-electron chi connectivity index (χ0n) is 13.5. The highest BCUT2D eigenvalue weighted by molar-refractivity contribution is 7.09. The van der Waals surface area contributed by atoms with Crippen LogP contribution in [0.1, 0.15) is 30.7 Å². The fraction of sp³-hybridized carbons (Fsp3) is 0.444. The van der Waals surface area contributed by atoms with Gasteiger partial charge in [-0.15, -0.1) is 11.3 Å². The van der Waals surface area contributed by atoms with Crippen molar-refractivity contribution in [3.05, 3.63) is 34.7 Å². The summed E-state index contributed by atoms with van der Waals surface area (Å²) in [6, 6.07) is 7.92. The fourth-order valence-electron chi connectivity index (χ4n) is 2.98. The molecule has 1 fully saturated rings. The van der Waals surface area contributed by atoms with Crippen molar-refractivity contribution in [1.82, 2.24) is 10.3 Å². The summed E-state index contributed by atoms with van der Waals surface area (Å²) in [5.74, 6) is 0.793.